The molecule has 0 radical (unpaired) electrons. The fraction of sp³-hybridized carbons (Fsp3) is 0. The Morgan fingerprint density at radius 1 is 0.769 bits per heavy atom. The van der Waals surface area contributed by atoms with Gasteiger partial charge in [-0.3, -0.25) is 4.79 Å². The van der Waals surface area contributed by atoms with E-state index in [1.54, 1.807) is 0 Å². The fourth-order valence-corrected chi connectivity index (χ4v) is 0.723. The van der Waals surface area contributed by atoms with Crippen LogP contribution in [0.15, 0.2) is 10.9 Å². The van der Waals surface area contributed by atoms with E-state index >= 15 is 0 Å². The number of hydrogen-bond donors (Lipinski definition) is 5. The summed E-state index contributed by atoms with van der Waals surface area (Å²) in [5, 5.41) is 44.4. The molecule has 1 aromatic rings. The zero-order valence-corrected chi connectivity index (χ0v) is 6.22. The minimum Gasteiger partial charge on any atom is -0.504 e. The van der Waals surface area contributed by atoms with Crippen LogP contribution in [0, 0.1) is 0 Å². The molecule has 0 aliphatic rings. The van der Waals surface area contributed by atoms with Gasteiger partial charge in [-0.05, 0) is 0 Å². The smallest absolute Gasteiger partial charge is 0.228 e. The average molecular weight is 186 g/mol. The topological polar surface area (TPSA) is 118 Å². The first-order valence-corrected chi connectivity index (χ1v) is 3.15. The highest BCUT2D eigenvalue weighted by Crippen LogP contribution is 2.41. The summed E-state index contributed by atoms with van der Waals surface area (Å²) in [6, 6.07) is 0.462. The summed E-state index contributed by atoms with van der Waals surface area (Å²) in [4.78, 5) is 10.8. The predicted octanol–water partition coefficient (Wildman–Crippen LogP) is -0.425. The van der Waals surface area contributed by atoms with E-state index in [1.165, 1.54) is 0 Å². The maximum absolute atomic E-state index is 10.8. The molecular weight excluding hydrogens is 180 g/mol. The van der Waals surface area contributed by atoms with Crippen LogP contribution in [-0.2, 0) is 0 Å². The Kier molecular flexibility index (Phi) is 1.89. The van der Waals surface area contributed by atoms with E-state index < -0.39 is 34.2 Å². The zero-order valence-electron chi connectivity index (χ0n) is 6.22. The second-order valence-electron chi connectivity index (χ2n) is 2.29. The van der Waals surface area contributed by atoms with Crippen LogP contribution in [-0.4, -0.2) is 25.5 Å². The molecule has 0 atom stereocenters. The molecule has 0 aromatic heterocycles. The van der Waals surface area contributed by atoms with Crippen molar-refractivity contribution in [3.05, 3.63) is 16.3 Å². The van der Waals surface area contributed by atoms with E-state index in [4.69, 9.17) is 25.5 Å². The largest absolute Gasteiger partial charge is 0.504 e. The average Bonchev–Trinajstić information content (AvgIpc) is 2.15. The molecule has 0 unspecified atom stereocenters. The monoisotopic (exact) mass is 186 g/mol. The molecule has 0 aliphatic heterocycles. The van der Waals surface area contributed by atoms with Gasteiger partial charge in [0.2, 0.25) is 28.4 Å². The highest BCUT2D eigenvalue weighted by atomic mass is 16.4. The van der Waals surface area contributed by atoms with Crippen molar-refractivity contribution < 1.29 is 25.5 Å². The molecule has 0 saturated carbocycles. The van der Waals surface area contributed by atoms with Gasteiger partial charge in [0.05, 0.1) is 0 Å². The molecular formula is C7H6O6. The van der Waals surface area contributed by atoms with Gasteiger partial charge in [0, 0.05) is 6.07 Å². The van der Waals surface area contributed by atoms with Crippen molar-refractivity contribution in [1.29, 1.82) is 0 Å². The molecule has 0 heterocycles. The highest BCUT2D eigenvalue weighted by molar-refractivity contribution is 5.59. The lowest BCUT2D eigenvalue weighted by Gasteiger charge is -1.95. The van der Waals surface area contributed by atoms with Gasteiger partial charge in [-0.2, -0.15) is 0 Å². The molecule has 70 valence electrons. The predicted molar refractivity (Wildman–Crippen MR) is 41.0 cm³/mol. The van der Waals surface area contributed by atoms with Crippen LogP contribution in [0.3, 0.4) is 0 Å². The standard InChI is InChI=1S/C7H6O6/c8-2-1-3(9)5(11)7(13)6(12)4(2)10/h1H,(H5,8,9,10,11,12,13). The second-order valence-corrected chi connectivity index (χ2v) is 2.29. The van der Waals surface area contributed by atoms with Gasteiger partial charge in [0.15, 0.2) is 5.75 Å². The quantitative estimate of drug-likeness (QED) is 0.375. The van der Waals surface area contributed by atoms with E-state index in [0.717, 1.165) is 0 Å². The Labute approximate surface area is 71.6 Å². The molecule has 1 rings (SSSR count). The highest BCUT2D eigenvalue weighted by Gasteiger charge is 2.15. The van der Waals surface area contributed by atoms with Crippen molar-refractivity contribution in [2.75, 3.05) is 0 Å². The molecule has 0 bridgehead atoms. The summed E-state index contributed by atoms with van der Waals surface area (Å²) in [7, 11) is 0. The van der Waals surface area contributed by atoms with Crippen molar-refractivity contribution >= 4 is 0 Å². The third kappa shape index (κ3) is 1.28. The zero-order chi connectivity index (χ0) is 10.2. The summed E-state index contributed by atoms with van der Waals surface area (Å²) < 4.78 is 0. The van der Waals surface area contributed by atoms with Crippen LogP contribution < -0.4 is 5.43 Å². The molecule has 6 nitrogen and oxygen atoms in total. The van der Waals surface area contributed by atoms with Gasteiger partial charge < -0.3 is 25.5 Å². The number of aromatic hydroxyl groups is 5. The molecule has 5 N–H and O–H groups in total. The summed E-state index contributed by atoms with van der Waals surface area (Å²) in [6.07, 6.45) is 0. The van der Waals surface area contributed by atoms with Crippen LogP contribution in [0.1, 0.15) is 0 Å². The Bertz CT molecular complexity index is 411. The van der Waals surface area contributed by atoms with Crippen LogP contribution in [0.4, 0.5) is 0 Å². The summed E-state index contributed by atoms with van der Waals surface area (Å²) in [5.41, 5.74) is -1.12. The first-order valence-electron chi connectivity index (χ1n) is 3.15. The van der Waals surface area contributed by atoms with Crippen LogP contribution in [0.25, 0.3) is 0 Å². The molecule has 0 aliphatic carbocycles. The Balaban J connectivity index is 3.82. The lowest BCUT2D eigenvalue weighted by molar-refractivity contribution is 0.340. The molecule has 6 heteroatoms. The maximum Gasteiger partial charge on any atom is 0.228 e. The number of rotatable bonds is 0. The Morgan fingerprint density at radius 2 is 1.23 bits per heavy atom. The first-order chi connectivity index (χ1) is 5.95. The van der Waals surface area contributed by atoms with Gasteiger partial charge in [-0.25, -0.2) is 0 Å². The summed E-state index contributed by atoms with van der Waals surface area (Å²) >= 11 is 0. The lowest BCUT2D eigenvalue weighted by atomic mass is 10.4. The van der Waals surface area contributed by atoms with Crippen LogP contribution >= 0.6 is 0 Å². The second kappa shape index (κ2) is 2.74. The van der Waals surface area contributed by atoms with Gasteiger partial charge >= 0.3 is 0 Å². The van der Waals surface area contributed by atoms with E-state index in [-0.39, 0.29) is 0 Å². The SMILES string of the molecule is O=c1cc(O)c(O)c(O)c(O)c1O. The third-order valence-electron chi connectivity index (χ3n) is 1.42. The Hall–Kier alpha value is -2.11. The fourth-order valence-electron chi connectivity index (χ4n) is 0.723. The van der Waals surface area contributed by atoms with E-state index in [0.29, 0.717) is 6.07 Å². The van der Waals surface area contributed by atoms with E-state index in [9.17, 15) is 4.79 Å². The van der Waals surface area contributed by atoms with Crippen molar-refractivity contribution in [3.8, 4) is 28.7 Å². The maximum atomic E-state index is 10.8. The summed E-state index contributed by atoms with van der Waals surface area (Å²) in [6.45, 7) is 0. The lowest BCUT2D eigenvalue weighted by Crippen LogP contribution is -1.92. The van der Waals surface area contributed by atoms with Gasteiger partial charge in [-0.1, -0.05) is 0 Å². The molecule has 0 saturated heterocycles. The normalized spacial score (nSPS) is 9.85. The van der Waals surface area contributed by atoms with Crippen LogP contribution in [0.5, 0.6) is 28.7 Å². The molecule has 1 aromatic carbocycles. The molecule has 0 spiro atoms. The summed E-state index contributed by atoms with van der Waals surface area (Å²) in [5.74, 6) is -5.49. The van der Waals surface area contributed by atoms with Crippen LogP contribution in [0.2, 0.25) is 0 Å². The van der Waals surface area contributed by atoms with Gasteiger partial charge in [0.1, 0.15) is 0 Å². The molecule has 13 heavy (non-hydrogen) atoms. The minimum absolute atomic E-state index is 0.462. The third-order valence-corrected chi connectivity index (χ3v) is 1.42. The van der Waals surface area contributed by atoms with Crippen molar-refractivity contribution in [1.82, 2.24) is 0 Å². The number of hydrogen-bond acceptors (Lipinski definition) is 6. The minimum atomic E-state index is -1.18. The first kappa shape index (κ1) is 8.98. The van der Waals surface area contributed by atoms with Gasteiger partial charge in [-0.15, -0.1) is 0 Å². The van der Waals surface area contributed by atoms with E-state index in [1.807, 2.05) is 0 Å². The van der Waals surface area contributed by atoms with Crippen molar-refractivity contribution in [3.63, 3.8) is 0 Å². The van der Waals surface area contributed by atoms with Crippen molar-refractivity contribution in [2.45, 2.75) is 0 Å². The van der Waals surface area contributed by atoms with Crippen molar-refractivity contribution in [2.24, 2.45) is 0 Å². The molecule has 0 fully saturated rings. The van der Waals surface area contributed by atoms with E-state index in [2.05, 4.69) is 0 Å². The molecule has 0 amide bonds. The Morgan fingerprint density at radius 3 is 1.77 bits per heavy atom. The van der Waals surface area contributed by atoms with Gasteiger partial charge in [0.25, 0.3) is 0 Å².